The zero-order chi connectivity index (χ0) is 13.8. The zero-order valence-corrected chi connectivity index (χ0v) is 11.4. The molecule has 0 aliphatic rings. The minimum Gasteiger partial charge on any atom is -0.497 e. The number of rotatable bonds is 3. The standard InChI is InChI=1S/C14H13ClN2O2/c1-9-12(6-7-13(15)16-9)17-14(18)10-4-3-5-11(8-10)19-2/h3-8H,1-2H3,(H,17,18). The van der Waals surface area contributed by atoms with E-state index in [1.807, 2.05) is 0 Å². The molecule has 1 heterocycles. The summed E-state index contributed by atoms with van der Waals surface area (Å²) in [6.07, 6.45) is 0. The van der Waals surface area contributed by atoms with Gasteiger partial charge in [-0.25, -0.2) is 4.98 Å². The zero-order valence-electron chi connectivity index (χ0n) is 10.6. The van der Waals surface area contributed by atoms with Crippen LogP contribution in [-0.2, 0) is 0 Å². The summed E-state index contributed by atoms with van der Waals surface area (Å²) in [5, 5.41) is 3.19. The second-order valence-corrected chi connectivity index (χ2v) is 4.34. The van der Waals surface area contributed by atoms with Gasteiger partial charge in [-0.3, -0.25) is 4.79 Å². The van der Waals surface area contributed by atoms with Crippen molar-refractivity contribution in [3.8, 4) is 5.75 Å². The topological polar surface area (TPSA) is 51.2 Å². The summed E-state index contributed by atoms with van der Waals surface area (Å²) in [6.45, 7) is 1.78. The van der Waals surface area contributed by atoms with Crippen LogP contribution < -0.4 is 10.1 Å². The number of carbonyl (C=O) groups is 1. The molecule has 5 heteroatoms. The van der Waals surface area contributed by atoms with Gasteiger partial charge in [-0.15, -0.1) is 0 Å². The molecule has 4 nitrogen and oxygen atoms in total. The molecule has 0 aliphatic heterocycles. The molecule has 1 amide bonds. The number of nitrogens with one attached hydrogen (secondary N) is 1. The number of halogens is 1. The predicted molar refractivity (Wildman–Crippen MR) is 74.9 cm³/mol. The summed E-state index contributed by atoms with van der Waals surface area (Å²) in [5.41, 5.74) is 1.83. The van der Waals surface area contributed by atoms with Crippen molar-refractivity contribution in [2.45, 2.75) is 6.92 Å². The number of hydrogen-bond donors (Lipinski definition) is 1. The number of pyridine rings is 1. The lowest BCUT2D eigenvalue weighted by Crippen LogP contribution is -2.13. The average molecular weight is 277 g/mol. The molecule has 0 atom stereocenters. The van der Waals surface area contributed by atoms with Crippen molar-refractivity contribution in [1.82, 2.24) is 4.98 Å². The van der Waals surface area contributed by atoms with Crippen LogP contribution in [-0.4, -0.2) is 18.0 Å². The van der Waals surface area contributed by atoms with Crippen LogP contribution in [0, 0.1) is 6.92 Å². The predicted octanol–water partition coefficient (Wildman–Crippen LogP) is 3.30. The van der Waals surface area contributed by atoms with Gasteiger partial charge < -0.3 is 10.1 Å². The first kappa shape index (κ1) is 13.4. The maximum atomic E-state index is 12.1. The second-order valence-electron chi connectivity index (χ2n) is 3.95. The Labute approximate surface area is 116 Å². The van der Waals surface area contributed by atoms with Gasteiger partial charge in [0.1, 0.15) is 10.9 Å². The molecule has 2 rings (SSSR count). The lowest BCUT2D eigenvalue weighted by atomic mass is 10.2. The molecule has 2 aromatic rings. The maximum absolute atomic E-state index is 12.1. The van der Waals surface area contributed by atoms with Crippen molar-refractivity contribution in [1.29, 1.82) is 0 Å². The van der Waals surface area contributed by atoms with Crippen molar-refractivity contribution >= 4 is 23.2 Å². The molecule has 0 saturated heterocycles. The molecular weight excluding hydrogens is 264 g/mol. The number of carbonyl (C=O) groups excluding carboxylic acids is 1. The highest BCUT2D eigenvalue weighted by Gasteiger charge is 2.09. The van der Waals surface area contributed by atoms with Crippen LogP contribution in [0.4, 0.5) is 5.69 Å². The fourth-order valence-corrected chi connectivity index (χ4v) is 1.81. The van der Waals surface area contributed by atoms with E-state index < -0.39 is 0 Å². The van der Waals surface area contributed by atoms with Gasteiger partial charge in [0.05, 0.1) is 18.5 Å². The van der Waals surface area contributed by atoms with Gasteiger partial charge in [-0.2, -0.15) is 0 Å². The number of anilines is 1. The van der Waals surface area contributed by atoms with Crippen LogP contribution in [0.15, 0.2) is 36.4 Å². The number of aryl methyl sites for hydroxylation is 1. The van der Waals surface area contributed by atoms with Crippen molar-refractivity contribution in [3.05, 3.63) is 52.8 Å². The first-order valence-electron chi connectivity index (χ1n) is 5.68. The van der Waals surface area contributed by atoms with Crippen molar-refractivity contribution in [3.63, 3.8) is 0 Å². The van der Waals surface area contributed by atoms with Crippen LogP contribution in [0.1, 0.15) is 16.1 Å². The Morgan fingerprint density at radius 3 is 2.79 bits per heavy atom. The monoisotopic (exact) mass is 276 g/mol. The maximum Gasteiger partial charge on any atom is 0.255 e. The van der Waals surface area contributed by atoms with Crippen molar-refractivity contribution in [2.24, 2.45) is 0 Å². The first-order chi connectivity index (χ1) is 9.10. The van der Waals surface area contributed by atoms with E-state index in [2.05, 4.69) is 10.3 Å². The minimum atomic E-state index is -0.217. The van der Waals surface area contributed by atoms with Gasteiger partial charge in [0, 0.05) is 5.56 Å². The third-order valence-corrected chi connectivity index (χ3v) is 2.84. The SMILES string of the molecule is COc1cccc(C(=O)Nc2ccc(Cl)nc2C)c1. The number of benzene rings is 1. The minimum absolute atomic E-state index is 0.217. The van der Waals surface area contributed by atoms with Crippen LogP contribution >= 0.6 is 11.6 Å². The highest BCUT2D eigenvalue weighted by Crippen LogP contribution is 2.18. The molecule has 0 spiro atoms. The summed E-state index contributed by atoms with van der Waals surface area (Å²) in [5.74, 6) is 0.421. The summed E-state index contributed by atoms with van der Waals surface area (Å²) in [7, 11) is 1.56. The molecule has 19 heavy (non-hydrogen) atoms. The van der Waals surface area contributed by atoms with E-state index in [0.717, 1.165) is 0 Å². The van der Waals surface area contributed by atoms with Gasteiger partial charge >= 0.3 is 0 Å². The van der Waals surface area contributed by atoms with E-state index in [-0.39, 0.29) is 5.91 Å². The second kappa shape index (κ2) is 5.71. The highest BCUT2D eigenvalue weighted by molar-refractivity contribution is 6.29. The molecule has 1 aromatic carbocycles. The Hall–Kier alpha value is -2.07. The van der Waals surface area contributed by atoms with Gasteiger partial charge in [-0.1, -0.05) is 17.7 Å². The molecule has 0 bridgehead atoms. The number of methoxy groups -OCH3 is 1. The Balaban J connectivity index is 2.20. The average Bonchev–Trinajstić information content (AvgIpc) is 2.42. The molecular formula is C14H13ClN2O2. The number of aromatic nitrogens is 1. The molecule has 0 fully saturated rings. The largest absolute Gasteiger partial charge is 0.497 e. The van der Waals surface area contributed by atoms with E-state index in [1.165, 1.54) is 0 Å². The summed E-state index contributed by atoms with van der Waals surface area (Å²) in [6, 6.07) is 10.3. The molecule has 98 valence electrons. The van der Waals surface area contributed by atoms with Crippen LogP contribution in [0.2, 0.25) is 5.15 Å². The lowest BCUT2D eigenvalue weighted by Gasteiger charge is -2.08. The Kier molecular flexibility index (Phi) is 4.02. The third kappa shape index (κ3) is 3.23. The van der Waals surface area contributed by atoms with Gasteiger partial charge in [0.2, 0.25) is 0 Å². The van der Waals surface area contributed by atoms with Gasteiger partial charge in [0.15, 0.2) is 0 Å². The fourth-order valence-electron chi connectivity index (χ4n) is 1.62. The van der Waals surface area contributed by atoms with Gasteiger partial charge in [-0.05, 0) is 37.3 Å². The normalized spacial score (nSPS) is 10.1. The number of amides is 1. The molecule has 0 saturated carbocycles. The van der Waals surface area contributed by atoms with E-state index in [9.17, 15) is 4.79 Å². The van der Waals surface area contributed by atoms with E-state index in [4.69, 9.17) is 16.3 Å². The Bertz CT molecular complexity index is 614. The molecule has 0 aliphatic carbocycles. The van der Waals surface area contributed by atoms with Gasteiger partial charge in [0.25, 0.3) is 5.91 Å². The number of ether oxygens (including phenoxy) is 1. The van der Waals surface area contributed by atoms with Crippen LogP contribution in [0.5, 0.6) is 5.75 Å². The fraction of sp³-hybridized carbons (Fsp3) is 0.143. The smallest absolute Gasteiger partial charge is 0.255 e. The highest BCUT2D eigenvalue weighted by atomic mass is 35.5. The van der Waals surface area contributed by atoms with Crippen LogP contribution in [0.3, 0.4) is 0 Å². The number of nitrogens with zero attached hydrogens (tertiary/aromatic N) is 1. The summed E-state index contributed by atoms with van der Waals surface area (Å²) in [4.78, 5) is 16.2. The van der Waals surface area contributed by atoms with Crippen LogP contribution in [0.25, 0.3) is 0 Å². The van der Waals surface area contributed by atoms with Crippen molar-refractivity contribution in [2.75, 3.05) is 12.4 Å². The van der Waals surface area contributed by atoms with E-state index in [0.29, 0.717) is 27.8 Å². The molecule has 1 N–H and O–H groups in total. The van der Waals surface area contributed by atoms with E-state index >= 15 is 0 Å². The Morgan fingerprint density at radius 1 is 1.32 bits per heavy atom. The first-order valence-corrected chi connectivity index (χ1v) is 6.06. The quantitative estimate of drug-likeness (QED) is 0.875. The Morgan fingerprint density at radius 2 is 2.11 bits per heavy atom. The molecule has 0 radical (unpaired) electrons. The molecule has 0 unspecified atom stereocenters. The number of hydrogen-bond acceptors (Lipinski definition) is 3. The van der Waals surface area contributed by atoms with E-state index in [1.54, 1.807) is 50.4 Å². The summed E-state index contributed by atoms with van der Waals surface area (Å²) >= 11 is 5.77. The van der Waals surface area contributed by atoms with Crippen molar-refractivity contribution < 1.29 is 9.53 Å². The summed E-state index contributed by atoms with van der Waals surface area (Å²) < 4.78 is 5.08. The molecule has 1 aromatic heterocycles. The third-order valence-electron chi connectivity index (χ3n) is 2.63. The lowest BCUT2D eigenvalue weighted by molar-refractivity contribution is 0.102.